The van der Waals surface area contributed by atoms with E-state index < -0.39 is 11.0 Å². The Morgan fingerprint density at radius 1 is 1.15 bits per heavy atom. The van der Waals surface area contributed by atoms with Crippen molar-refractivity contribution in [3.05, 3.63) is 48.3 Å². The first-order valence-corrected chi connectivity index (χ1v) is 9.00. The summed E-state index contributed by atoms with van der Waals surface area (Å²) in [5, 5.41) is 10.6. The minimum absolute atomic E-state index is 0. The van der Waals surface area contributed by atoms with Gasteiger partial charge in [-0.1, -0.05) is 20.8 Å². The van der Waals surface area contributed by atoms with Crippen molar-refractivity contribution in [1.29, 1.82) is 0 Å². The number of benzene rings is 1. The highest BCUT2D eigenvalue weighted by atomic mass is 35.5. The summed E-state index contributed by atoms with van der Waals surface area (Å²) in [7, 11) is 0. The molecule has 1 aromatic carbocycles. The van der Waals surface area contributed by atoms with Crippen LogP contribution in [0.4, 0.5) is 5.69 Å². The van der Waals surface area contributed by atoms with Crippen molar-refractivity contribution in [1.82, 2.24) is 15.1 Å². The lowest BCUT2D eigenvalue weighted by atomic mass is 9.86. The number of hydrogen-bond acceptors (Lipinski definition) is 4. The van der Waals surface area contributed by atoms with Crippen molar-refractivity contribution in [2.24, 2.45) is 5.41 Å². The van der Waals surface area contributed by atoms with E-state index in [0.717, 1.165) is 13.1 Å². The van der Waals surface area contributed by atoms with Gasteiger partial charge in [-0.3, -0.25) is 14.3 Å². The van der Waals surface area contributed by atoms with Gasteiger partial charge < -0.3 is 10.6 Å². The van der Waals surface area contributed by atoms with Crippen LogP contribution in [0.25, 0.3) is 0 Å². The van der Waals surface area contributed by atoms with E-state index >= 15 is 0 Å². The predicted octanol–water partition coefficient (Wildman–Crippen LogP) is 3.25. The summed E-state index contributed by atoms with van der Waals surface area (Å²) in [6.07, 6.45) is 4.90. The van der Waals surface area contributed by atoms with Gasteiger partial charge in [0, 0.05) is 29.1 Å². The molecule has 1 aliphatic rings. The smallest absolute Gasteiger partial charge is 0.252 e. The fourth-order valence-corrected chi connectivity index (χ4v) is 3.31. The second-order valence-electron chi connectivity index (χ2n) is 7.84. The van der Waals surface area contributed by atoms with Crippen LogP contribution in [0.3, 0.4) is 0 Å². The molecular formula is C20H27ClN4O2. The summed E-state index contributed by atoms with van der Waals surface area (Å²) in [5.41, 5.74) is 0.225. The lowest BCUT2D eigenvalue weighted by Gasteiger charge is -2.36. The fraction of sp³-hybridized carbons (Fsp3) is 0.450. The number of hydrogen-bond donors (Lipinski definition) is 2. The maximum absolute atomic E-state index is 13.1. The average Bonchev–Trinajstić information content (AvgIpc) is 3.17. The highest BCUT2D eigenvalue weighted by molar-refractivity contribution is 6.01. The first-order valence-electron chi connectivity index (χ1n) is 9.00. The Balaban J connectivity index is 0.00000261. The van der Waals surface area contributed by atoms with E-state index in [2.05, 4.69) is 15.7 Å². The van der Waals surface area contributed by atoms with Crippen LogP contribution < -0.4 is 10.6 Å². The molecule has 27 heavy (non-hydrogen) atoms. The molecule has 0 radical (unpaired) electrons. The van der Waals surface area contributed by atoms with Crippen LogP contribution in [0.1, 0.15) is 44.0 Å². The lowest BCUT2D eigenvalue weighted by Crippen LogP contribution is -2.52. The van der Waals surface area contributed by atoms with Gasteiger partial charge in [0.2, 0.25) is 0 Å². The van der Waals surface area contributed by atoms with Crippen molar-refractivity contribution in [2.45, 2.75) is 39.2 Å². The Hall–Kier alpha value is -2.18. The van der Waals surface area contributed by atoms with Crippen molar-refractivity contribution in [3.8, 4) is 0 Å². The number of nitrogens with zero attached hydrogens (tertiary/aromatic N) is 2. The Labute approximate surface area is 166 Å². The molecule has 146 valence electrons. The number of halogens is 1. The van der Waals surface area contributed by atoms with Crippen LogP contribution in [0, 0.1) is 5.41 Å². The number of anilines is 1. The van der Waals surface area contributed by atoms with E-state index in [4.69, 9.17) is 0 Å². The highest BCUT2D eigenvalue weighted by Crippen LogP contribution is 2.29. The lowest BCUT2D eigenvalue weighted by molar-refractivity contribution is -0.126. The van der Waals surface area contributed by atoms with Crippen molar-refractivity contribution >= 4 is 29.8 Å². The first-order chi connectivity index (χ1) is 12.3. The minimum Gasteiger partial charge on any atom is -0.324 e. The van der Waals surface area contributed by atoms with E-state index in [9.17, 15) is 9.59 Å². The molecule has 1 aromatic heterocycles. The number of carbonyl (C=O) groups excluding carboxylic acids is 2. The zero-order chi connectivity index (χ0) is 18.8. The molecule has 7 heteroatoms. The molecule has 1 aliphatic heterocycles. The molecule has 0 bridgehead atoms. The molecule has 6 nitrogen and oxygen atoms in total. The Bertz CT molecular complexity index is 773. The molecule has 0 atom stereocenters. The standard InChI is InChI=1S/C20H26N4O2.ClH/c1-19(2,3)17(25)15-5-7-16(8-6-15)23-18(26)20(9-12-21-13-10-20)24-14-4-11-22-24;/h4-8,11,14,21H,9-10,12-13H2,1-3H3,(H,23,26);1H. The molecular weight excluding hydrogens is 364 g/mol. The molecule has 0 unspecified atom stereocenters. The Morgan fingerprint density at radius 3 is 2.30 bits per heavy atom. The molecule has 2 N–H and O–H groups in total. The van der Waals surface area contributed by atoms with Crippen LogP contribution >= 0.6 is 12.4 Å². The molecule has 2 aromatic rings. The summed E-state index contributed by atoms with van der Waals surface area (Å²) in [4.78, 5) is 25.4. The highest BCUT2D eigenvalue weighted by Gasteiger charge is 2.42. The predicted molar refractivity (Wildman–Crippen MR) is 108 cm³/mol. The van der Waals surface area contributed by atoms with Crippen LogP contribution in [0.5, 0.6) is 0 Å². The van der Waals surface area contributed by atoms with E-state index in [-0.39, 0.29) is 24.1 Å². The third kappa shape index (κ3) is 4.39. The number of nitrogens with one attached hydrogen (secondary N) is 2. The van der Waals surface area contributed by atoms with Gasteiger partial charge in [0.05, 0.1) is 0 Å². The minimum atomic E-state index is -0.686. The molecule has 0 saturated carbocycles. The second kappa shape index (κ2) is 8.23. The number of Topliss-reactive ketones (excluding diaryl/α,β-unsaturated/α-hetero) is 1. The monoisotopic (exact) mass is 390 g/mol. The van der Waals surface area contributed by atoms with Crippen LogP contribution in [0.2, 0.25) is 0 Å². The maximum Gasteiger partial charge on any atom is 0.252 e. The Morgan fingerprint density at radius 2 is 1.78 bits per heavy atom. The molecule has 1 amide bonds. The molecule has 1 fully saturated rings. The van der Waals surface area contributed by atoms with E-state index in [1.807, 2.05) is 33.0 Å². The van der Waals surface area contributed by atoms with Gasteiger partial charge in [0.25, 0.3) is 5.91 Å². The zero-order valence-electron chi connectivity index (χ0n) is 16.0. The number of amides is 1. The number of aromatic nitrogens is 2. The molecule has 0 aliphatic carbocycles. The Kier molecular flexibility index (Phi) is 6.44. The first kappa shape index (κ1) is 21.1. The second-order valence-corrected chi connectivity index (χ2v) is 7.84. The summed E-state index contributed by atoms with van der Waals surface area (Å²) in [5.74, 6) is 0.0133. The SMILES string of the molecule is CC(C)(C)C(=O)c1ccc(NC(=O)C2(n3cccn3)CCNCC2)cc1.Cl. The fourth-order valence-electron chi connectivity index (χ4n) is 3.31. The number of rotatable bonds is 4. The van der Waals surface area contributed by atoms with E-state index in [1.165, 1.54) is 0 Å². The average molecular weight is 391 g/mol. The van der Waals surface area contributed by atoms with Gasteiger partial charge in [-0.15, -0.1) is 12.4 Å². The van der Waals surface area contributed by atoms with E-state index in [0.29, 0.717) is 24.1 Å². The normalized spacial score (nSPS) is 16.3. The van der Waals surface area contributed by atoms with Gasteiger partial charge in [0.15, 0.2) is 5.78 Å². The summed E-state index contributed by atoms with van der Waals surface area (Å²) >= 11 is 0. The number of carbonyl (C=O) groups is 2. The van der Waals surface area contributed by atoms with Crippen molar-refractivity contribution in [3.63, 3.8) is 0 Å². The topological polar surface area (TPSA) is 76.0 Å². The van der Waals surface area contributed by atoms with Crippen molar-refractivity contribution < 1.29 is 9.59 Å². The van der Waals surface area contributed by atoms with Gasteiger partial charge in [-0.25, -0.2) is 0 Å². The van der Waals surface area contributed by atoms with Gasteiger partial charge in [-0.05, 0) is 56.3 Å². The van der Waals surface area contributed by atoms with E-state index in [1.54, 1.807) is 35.1 Å². The van der Waals surface area contributed by atoms with Crippen molar-refractivity contribution in [2.75, 3.05) is 18.4 Å². The summed E-state index contributed by atoms with van der Waals surface area (Å²) in [6, 6.07) is 8.95. The maximum atomic E-state index is 13.1. The third-order valence-corrected chi connectivity index (χ3v) is 4.88. The summed E-state index contributed by atoms with van der Waals surface area (Å²) in [6.45, 7) is 7.24. The van der Waals surface area contributed by atoms with Gasteiger partial charge in [0.1, 0.15) is 5.54 Å². The van der Waals surface area contributed by atoms with Gasteiger partial charge in [-0.2, -0.15) is 5.10 Å². The van der Waals surface area contributed by atoms with Crippen LogP contribution in [-0.2, 0) is 10.3 Å². The molecule has 1 saturated heterocycles. The largest absolute Gasteiger partial charge is 0.324 e. The quantitative estimate of drug-likeness (QED) is 0.785. The molecule has 3 rings (SSSR count). The number of piperidine rings is 1. The molecule has 0 spiro atoms. The zero-order valence-corrected chi connectivity index (χ0v) is 16.8. The summed E-state index contributed by atoms with van der Waals surface area (Å²) < 4.78 is 1.76. The third-order valence-electron chi connectivity index (χ3n) is 4.88. The van der Waals surface area contributed by atoms with Gasteiger partial charge >= 0.3 is 0 Å². The molecule has 2 heterocycles. The number of ketones is 1. The van der Waals surface area contributed by atoms with Crippen LogP contribution in [0.15, 0.2) is 42.7 Å². The van der Waals surface area contributed by atoms with Crippen LogP contribution in [-0.4, -0.2) is 34.6 Å².